The number of hydrogen-bond acceptors (Lipinski definition) is 3. The van der Waals surface area contributed by atoms with Crippen molar-refractivity contribution >= 4 is 0 Å². The van der Waals surface area contributed by atoms with Crippen LogP contribution in [0.15, 0.2) is 10.3 Å². The normalized spacial score (nSPS) is 10.2. The van der Waals surface area contributed by atoms with Gasteiger partial charge in [0.2, 0.25) is 0 Å². The van der Waals surface area contributed by atoms with Crippen LogP contribution in [0.25, 0.3) is 0 Å². The van der Waals surface area contributed by atoms with Gasteiger partial charge in [0.05, 0.1) is 0 Å². The molecule has 0 spiro atoms. The Balaban J connectivity index is 2.66. The molecule has 0 radical (unpaired) electrons. The number of rotatable bonds is 2. The zero-order valence-electron chi connectivity index (χ0n) is 3.59. The molecule has 4 nitrogen and oxygen atoms in total. The van der Waals surface area contributed by atoms with Crippen LogP contribution < -0.4 is 5.84 Å². The van der Waals surface area contributed by atoms with Gasteiger partial charge in [-0.1, -0.05) is 5.22 Å². The molecule has 0 atom stereocenters. The van der Waals surface area contributed by atoms with E-state index in [2.05, 4.69) is 20.9 Å². The van der Waals surface area contributed by atoms with Crippen LogP contribution in [-0.4, -0.2) is 13.8 Å². The van der Waals surface area contributed by atoms with E-state index < -0.39 is 0 Å². The predicted octanol–water partition coefficient (Wildman–Crippen LogP) is -0.0838. The van der Waals surface area contributed by atoms with E-state index in [-0.39, 0.29) is 6.73 Å². The Morgan fingerprint density at radius 3 is 2.67 bits per heavy atom. The number of hydrogen-bond donors (Lipinski definition) is 1. The summed E-state index contributed by atoms with van der Waals surface area (Å²) in [4.78, 5) is 0. The largest absolute Gasteiger partial charge is 0.361 e. The van der Waals surface area contributed by atoms with Crippen LogP contribution in [0.1, 0.15) is 0 Å². The number of ether oxygens (including phenoxy) is 1. The Hall–Kier alpha value is -0.640. The van der Waals surface area contributed by atoms with E-state index in [1.54, 1.807) is 0 Å². The average Bonchev–Trinajstić information content (AvgIpc) is 1.61. The van der Waals surface area contributed by atoms with E-state index in [0.717, 1.165) is 0 Å². The molecule has 0 aliphatic carbocycles. The molecule has 6 heavy (non-hydrogen) atoms. The van der Waals surface area contributed by atoms with Crippen molar-refractivity contribution in [3.8, 4) is 0 Å². The van der Waals surface area contributed by atoms with Crippen molar-refractivity contribution in [1.82, 2.24) is 0 Å². The second-order valence-electron chi connectivity index (χ2n) is 0.675. The Kier molecular flexibility index (Phi) is 3.89. The molecule has 0 aromatic carbocycles. The summed E-state index contributed by atoms with van der Waals surface area (Å²) >= 11 is 0. The lowest BCUT2D eigenvalue weighted by Gasteiger charge is -1.80. The van der Waals surface area contributed by atoms with E-state index in [4.69, 9.17) is 0 Å². The molecule has 0 saturated carbocycles. The Bertz CT molecular complexity index is 44.1. The Morgan fingerprint density at radius 1 is 1.83 bits per heavy atom. The van der Waals surface area contributed by atoms with Gasteiger partial charge in [-0.05, 0) is 0 Å². The summed E-state index contributed by atoms with van der Waals surface area (Å²) in [6.07, 6.45) is 0. The van der Waals surface area contributed by atoms with E-state index in [9.17, 15) is 0 Å². The van der Waals surface area contributed by atoms with E-state index in [1.165, 1.54) is 7.11 Å². The van der Waals surface area contributed by atoms with Gasteiger partial charge in [-0.3, -0.25) is 0 Å². The maximum atomic E-state index is 4.59. The molecule has 0 heterocycles. The third-order valence-corrected chi connectivity index (χ3v) is 0.268. The fourth-order valence-corrected chi connectivity index (χ4v) is 0.0911. The minimum Gasteiger partial charge on any atom is -0.361 e. The van der Waals surface area contributed by atoms with Crippen molar-refractivity contribution in [2.45, 2.75) is 0 Å². The van der Waals surface area contributed by atoms with Crippen LogP contribution in [0.4, 0.5) is 0 Å². The standard InChI is InChI=1S/C2H7N3O/c1-6-2-4-5-3/h2H2,1H3,(H2,3,4). The quantitative estimate of drug-likeness (QED) is 0.292. The molecular weight excluding hydrogens is 82.0 g/mol. The topological polar surface area (TPSA) is 60.0 Å². The highest BCUT2D eigenvalue weighted by molar-refractivity contribution is 4.06. The summed E-state index contributed by atoms with van der Waals surface area (Å²) in [6, 6.07) is 0. The maximum absolute atomic E-state index is 4.59. The lowest BCUT2D eigenvalue weighted by atomic mass is 11.3. The second kappa shape index (κ2) is 4.36. The van der Waals surface area contributed by atoms with Gasteiger partial charge in [-0.15, -0.1) is 5.11 Å². The first-order valence-corrected chi connectivity index (χ1v) is 1.47. The maximum Gasteiger partial charge on any atom is 0.159 e. The molecule has 0 saturated heterocycles. The average molecular weight is 89.1 g/mol. The van der Waals surface area contributed by atoms with Crippen molar-refractivity contribution in [2.75, 3.05) is 13.8 Å². The second-order valence-corrected chi connectivity index (χ2v) is 0.675. The van der Waals surface area contributed by atoms with Crippen LogP contribution in [-0.2, 0) is 4.74 Å². The van der Waals surface area contributed by atoms with Gasteiger partial charge in [-0.25, -0.2) is 0 Å². The molecule has 0 rings (SSSR count). The van der Waals surface area contributed by atoms with Gasteiger partial charge in [0, 0.05) is 7.11 Å². The van der Waals surface area contributed by atoms with Crippen molar-refractivity contribution in [1.29, 1.82) is 0 Å². The van der Waals surface area contributed by atoms with Crippen molar-refractivity contribution in [3.05, 3.63) is 0 Å². The SMILES string of the molecule is COCN=NN. The zero-order chi connectivity index (χ0) is 4.83. The molecule has 0 unspecified atom stereocenters. The van der Waals surface area contributed by atoms with Gasteiger partial charge in [0.1, 0.15) is 0 Å². The summed E-state index contributed by atoms with van der Waals surface area (Å²) in [5, 5.41) is 6.20. The summed E-state index contributed by atoms with van der Waals surface area (Å²) in [6.45, 7) is 0.247. The first kappa shape index (κ1) is 5.36. The summed E-state index contributed by atoms with van der Waals surface area (Å²) < 4.78 is 4.44. The molecular formula is C2H7N3O. The summed E-state index contributed by atoms with van der Waals surface area (Å²) in [7, 11) is 1.52. The van der Waals surface area contributed by atoms with E-state index in [1.807, 2.05) is 0 Å². The van der Waals surface area contributed by atoms with Crippen LogP contribution in [0.3, 0.4) is 0 Å². The van der Waals surface area contributed by atoms with E-state index >= 15 is 0 Å². The molecule has 0 aromatic rings. The Labute approximate surface area is 36.0 Å². The molecule has 0 aromatic heterocycles. The first-order valence-electron chi connectivity index (χ1n) is 1.47. The smallest absolute Gasteiger partial charge is 0.159 e. The number of methoxy groups -OCH3 is 1. The summed E-state index contributed by atoms with van der Waals surface area (Å²) in [5.41, 5.74) is 0. The third-order valence-electron chi connectivity index (χ3n) is 0.268. The highest BCUT2D eigenvalue weighted by Crippen LogP contribution is 1.65. The van der Waals surface area contributed by atoms with Gasteiger partial charge in [0.15, 0.2) is 6.73 Å². The summed E-state index contributed by atoms with van der Waals surface area (Å²) in [5.74, 6) is 4.59. The zero-order valence-corrected chi connectivity index (χ0v) is 3.59. The first-order chi connectivity index (χ1) is 2.91. The van der Waals surface area contributed by atoms with Gasteiger partial charge >= 0.3 is 0 Å². The van der Waals surface area contributed by atoms with Crippen molar-refractivity contribution in [3.63, 3.8) is 0 Å². The molecule has 0 aliphatic heterocycles. The molecule has 4 heteroatoms. The monoisotopic (exact) mass is 89.1 g/mol. The number of nitrogens with two attached hydrogens (primary N) is 1. The van der Waals surface area contributed by atoms with E-state index in [0.29, 0.717) is 0 Å². The third kappa shape index (κ3) is 3.36. The van der Waals surface area contributed by atoms with Gasteiger partial charge in [0.25, 0.3) is 0 Å². The minimum atomic E-state index is 0.247. The molecule has 2 N–H and O–H groups in total. The minimum absolute atomic E-state index is 0.247. The molecule has 0 fully saturated rings. The molecule has 36 valence electrons. The van der Waals surface area contributed by atoms with Gasteiger partial charge < -0.3 is 10.6 Å². The highest BCUT2D eigenvalue weighted by Gasteiger charge is 1.63. The van der Waals surface area contributed by atoms with Crippen LogP contribution in [0.5, 0.6) is 0 Å². The predicted molar refractivity (Wildman–Crippen MR) is 20.9 cm³/mol. The van der Waals surface area contributed by atoms with Crippen LogP contribution >= 0.6 is 0 Å². The van der Waals surface area contributed by atoms with Crippen LogP contribution in [0, 0.1) is 0 Å². The fraction of sp³-hybridized carbons (Fsp3) is 1.00. The van der Waals surface area contributed by atoms with Crippen molar-refractivity contribution < 1.29 is 4.74 Å². The fourth-order valence-electron chi connectivity index (χ4n) is 0.0911. The lowest BCUT2D eigenvalue weighted by molar-refractivity contribution is 0.202. The van der Waals surface area contributed by atoms with Crippen LogP contribution in [0.2, 0.25) is 0 Å². The molecule has 0 bridgehead atoms. The molecule has 0 aliphatic rings. The molecule has 0 amide bonds. The van der Waals surface area contributed by atoms with Crippen molar-refractivity contribution in [2.24, 2.45) is 16.2 Å². The Morgan fingerprint density at radius 2 is 2.50 bits per heavy atom. The van der Waals surface area contributed by atoms with Gasteiger partial charge in [-0.2, -0.15) is 0 Å². The highest BCUT2D eigenvalue weighted by atomic mass is 16.5. The number of nitrogens with zero attached hydrogens (tertiary/aromatic N) is 2. The lowest BCUT2D eigenvalue weighted by Crippen LogP contribution is -1.82.